The van der Waals surface area contributed by atoms with Gasteiger partial charge in [0.2, 0.25) is 0 Å². The van der Waals surface area contributed by atoms with E-state index in [2.05, 4.69) is 26.0 Å². The number of ether oxygens (including phenoxy) is 3. The molecule has 4 rings (SSSR count). The van der Waals surface area contributed by atoms with Gasteiger partial charge in [0.15, 0.2) is 17.8 Å². The zero-order valence-electron chi connectivity index (χ0n) is 19.7. The summed E-state index contributed by atoms with van der Waals surface area (Å²) in [5, 5.41) is 50.5. The molecule has 1 fully saturated rings. The summed E-state index contributed by atoms with van der Waals surface area (Å²) in [6, 6.07) is 9.58. The van der Waals surface area contributed by atoms with Gasteiger partial charge in [-0.3, -0.25) is 0 Å². The van der Waals surface area contributed by atoms with Gasteiger partial charge in [0, 0.05) is 12.5 Å². The predicted octanol–water partition coefficient (Wildman–Crippen LogP) is 1.39. The summed E-state index contributed by atoms with van der Waals surface area (Å²) in [7, 11) is 1.50. The second-order valence-electron chi connectivity index (χ2n) is 9.44. The van der Waals surface area contributed by atoms with Crippen molar-refractivity contribution in [3.63, 3.8) is 0 Å². The van der Waals surface area contributed by atoms with Crippen molar-refractivity contribution < 1.29 is 39.7 Å². The van der Waals surface area contributed by atoms with Gasteiger partial charge in [0.25, 0.3) is 0 Å². The number of aromatic hydroxyl groups is 1. The quantitative estimate of drug-likeness (QED) is 0.425. The SMILES string of the molecule is COc1cc(C2c3cc(C)c(C)cc3C[C@H](CO)[C@H]2CO[C@@H]2OC[C@@H](O)[C@H](O)[C@H]2O)ccc1O. The summed E-state index contributed by atoms with van der Waals surface area (Å²) in [5.74, 6) is -0.0905. The molecule has 0 aromatic heterocycles. The molecule has 1 unspecified atom stereocenters. The average Bonchev–Trinajstić information content (AvgIpc) is 2.83. The fourth-order valence-electron chi connectivity index (χ4n) is 5.18. The lowest BCUT2D eigenvalue weighted by molar-refractivity contribution is -0.274. The molecule has 8 nitrogen and oxygen atoms in total. The number of phenols is 1. The molecule has 186 valence electrons. The number of aliphatic hydroxyl groups is 4. The maximum atomic E-state index is 10.3. The van der Waals surface area contributed by atoms with E-state index in [9.17, 15) is 25.5 Å². The van der Waals surface area contributed by atoms with Crippen LogP contribution in [0, 0.1) is 25.7 Å². The normalized spacial score (nSPS) is 31.2. The minimum Gasteiger partial charge on any atom is -0.504 e. The first-order valence-corrected chi connectivity index (χ1v) is 11.6. The van der Waals surface area contributed by atoms with Crippen LogP contribution in [0.25, 0.3) is 0 Å². The third-order valence-corrected chi connectivity index (χ3v) is 7.31. The van der Waals surface area contributed by atoms with Crippen LogP contribution < -0.4 is 4.74 Å². The van der Waals surface area contributed by atoms with E-state index < -0.39 is 24.6 Å². The number of aryl methyl sites for hydroxylation is 2. The first kappa shape index (κ1) is 24.9. The Morgan fingerprint density at radius 2 is 1.76 bits per heavy atom. The van der Waals surface area contributed by atoms with Gasteiger partial charge in [-0.05, 0) is 72.1 Å². The molecular weight excluding hydrogens is 440 g/mol. The Hall–Kier alpha value is -2.20. The van der Waals surface area contributed by atoms with Gasteiger partial charge in [-0.15, -0.1) is 0 Å². The molecule has 2 aromatic carbocycles. The summed E-state index contributed by atoms with van der Waals surface area (Å²) in [5.41, 5.74) is 5.52. The Bertz CT molecular complexity index is 1010. The van der Waals surface area contributed by atoms with E-state index in [1.807, 2.05) is 6.07 Å². The summed E-state index contributed by atoms with van der Waals surface area (Å²) in [4.78, 5) is 0. The lowest BCUT2D eigenvalue weighted by Crippen LogP contribution is -2.54. The number of hydrogen-bond acceptors (Lipinski definition) is 8. The third-order valence-electron chi connectivity index (χ3n) is 7.31. The largest absolute Gasteiger partial charge is 0.504 e. The van der Waals surface area contributed by atoms with Crippen molar-refractivity contribution in [2.75, 3.05) is 26.9 Å². The van der Waals surface area contributed by atoms with Crippen LogP contribution in [0.15, 0.2) is 30.3 Å². The van der Waals surface area contributed by atoms with Crippen LogP contribution in [0.1, 0.15) is 33.7 Å². The summed E-state index contributed by atoms with van der Waals surface area (Å²) in [6.07, 6.45) is -4.34. The van der Waals surface area contributed by atoms with Gasteiger partial charge in [0.05, 0.1) is 20.3 Å². The molecule has 8 heteroatoms. The molecule has 0 spiro atoms. The maximum Gasteiger partial charge on any atom is 0.186 e. The number of benzene rings is 2. The minimum atomic E-state index is -1.38. The van der Waals surface area contributed by atoms with E-state index in [0.29, 0.717) is 12.2 Å². The number of aliphatic hydroxyl groups excluding tert-OH is 4. The number of rotatable bonds is 6. The van der Waals surface area contributed by atoms with E-state index >= 15 is 0 Å². The molecule has 1 heterocycles. The molecule has 0 saturated carbocycles. The van der Waals surface area contributed by atoms with Crippen LogP contribution in [-0.4, -0.2) is 77.1 Å². The van der Waals surface area contributed by atoms with Crippen LogP contribution in [0.4, 0.5) is 0 Å². The fraction of sp³-hybridized carbons (Fsp3) is 0.538. The van der Waals surface area contributed by atoms with Crippen LogP contribution in [0.3, 0.4) is 0 Å². The van der Waals surface area contributed by atoms with E-state index in [-0.39, 0.29) is 43.3 Å². The van der Waals surface area contributed by atoms with Crippen molar-refractivity contribution in [2.24, 2.45) is 11.8 Å². The number of methoxy groups -OCH3 is 1. The van der Waals surface area contributed by atoms with E-state index in [0.717, 1.165) is 22.3 Å². The maximum absolute atomic E-state index is 10.3. The lowest BCUT2D eigenvalue weighted by Gasteiger charge is -2.41. The van der Waals surface area contributed by atoms with Gasteiger partial charge in [0.1, 0.15) is 18.3 Å². The highest BCUT2D eigenvalue weighted by molar-refractivity contribution is 5.50. The molecule has 2 aromatic rings. The number of phenolic OH excluding ortho intramolecular Hbond substituents is 1. The molecule has 0 radical (unpaired) electrons. The fourth-order valence-corrected chi connectivity index (χ4v) is 5.18. The zero-order chi connectivity index (χ0) is 24.6. The Labute approximate surface area is 199 Å². The van der Waals surface area contributed by atoms with E-state index in [4.69, 9.17) is 14.2 Å². The molecular formula is C26H34O8. The molecule has 1 saturated heterocycles. The topological polar surface area (TPSA) is 129 Å². The molecule has 1 aliphatic heterocycles. The first-order chi connectivity index (χ1) is 16.2. The highest BCUT2D eigenvalue weighted by Crippen LogP contribution is 2.46. The Morgan fingerprint density at radius 3 is 2.47 bits per heavy atom. The molecule has 1 aliphatic carbocycles. The molecule has 5 N–H and O–H groups in total. The van der Waals surface area contributed by atoms with Crippen LogP contribution >= 0.6 is 0 Å². The average molecular weight is 475 g/mol. The van der Waals surface area contributed by atoms with Gasteiger partial charge in [-0.1, -0.05) is 18.2 Å². The zero-order valence-corrected chi connectivity index (χ0v) is 19.7. The lowest BCUT2D eigenvalue weighted by atomic mass is 9.66. The van der Waals surface area contributed by atoms with Crippen molar-refractivity contribution in [3.05, 3.63) is 58.1 Å². The Kier molecular flexibility index (Phi) is 7.47. The Morgan fingerprint density at radius 1 is 1.03 bits per heavy atom. The predicted molar refractivity (Wildman–Crippen MR) is 124 cm³/mol. The first-order valence-electron chi connectivity index (χ1n) is 11.6. The Balaban J connectivity index is 1.72. The van der Waals surface area contributed by atoms with Crippen LogP contribution in [-0.2, 0) is 15.9 Å². The third kappa shape index (κ3) is 4.66. The van der Waals surface area contributed by atoms with E-state index in [1.165, 1.54) is 12.7 Å². The standard InChI is InChI=1S/C26H34O8/c1-13-6-16-8-17(10-27)19(11-33-26-25(31)24(30)21(29)12-34-26)23(18(16)7-14(13)2)15-4-5-20(28)22(9-15)32-3/h4-7,9,17,19,21,23-31H,8,10-12H2,1-3H3/t17-,19-,21-,23?,24+,25-,26-/m1/s1. The summed E-state index contributed by atoms with van der Waals surface area (Å²) < 4.78 is 16.7. The van der Waals surface area contributed by atoms with Crippen LogP contribution in [0.2, 0.25) is 0 Å². The van der Waals surface area contributed by atoms with Gasteiger partial charge in [-0.2, -0.15) is 0 Å². The summed E-state index contributed by atoms with van der Waals surface area (Å²) >= 11 is 0. The molecule has 0 amide bonds. The van der Waals surface area contributed by atoms with Crippen molar-refractivity contribution in [3.8, 4) is 11.5 Å². The van der Waals surface area contributed by atoms with E-state index in [1.54, 1.807) is 12.1 Å². The van der Waals surface area contributed by atoms with Gasteiger partial charge >= 0.3 is 0 Å². The smallest absolute Gasteiger partial charge is 0.186 e. The molecule has 2 aliphatic rings. The monoisotopic (exact) mass is 474 g/mol. The second kappa shape index (κ2) is 10.2. The summed E-state index contributed by atoms with van der Waals surface area (Å²) in [6.45, 7) is 4.08. The van der Waals surface area contributed by atoms with Crippen LogP contribution in [0.5, 0.6) is 11.5 Å². The second-order valence-corrected chi connectivity index (χ2v) is 9.44. The van der Waals surface area contributed by atoms with Gasteiger partial charge < -0.3 is 39.7 Å². The molecule has 34 heavy (non-hydrogen) atoms. The van der Waals surface area contributed by atoms with Crippen molar-refractivity contribution in [1.82, 2.24) is 0 Å². The molecule has 7 atom stereocenters. The van der Waals surface area contributed by atoms with Crippen molar-refractivity contribution in [2.45, 2.75) is 50.8 Å². The minimum absolute atomic E-state index is 0.0418. The highest BCUT2D eigenvalue weighted by atomic mass is 16.7. The van der Waals surface area contributed by atoms with Crippen molar-refractivity contribution >= 4 is 0 Å². The van der Waals surface area contributed by atoms with Gasteiger partial charge in [-0.25, -0.2) is 0 Å². The van der Waals surface area contributed by atoms with Crippen molar-refractivity contribution in [1.29, 1.82) is 0 Å². The highest BCUT2D eigenvalue weighted by Gasteiger charge is 2.42. The molecule has 0 bridgehead atoms. The number of fused-ring (bicyclic) bond motifs is 1. The number of hydrogen-bond donors (Lipinski definition) is 5.